The molecule has 5 nitrogen and oxygen atoms in total. The van der Waals surface area contributed by atoms with Crippen molar-refractivity contribution >= 4 is 11.8 Å². The quantitative estimate of drug-likeness (QED) is 0.861. The average Bonchev–Trinajstić information content (AvgIpc) is 2.85. The van der Waals surface area contributed by atoms with Gasteiger partial charge in [-0.25, -0.2) is 8.78 Å². The molecule has 0 bridgehead atoms. The molecule has 0 spiro atoms. The molecular formula is C14H15F2N3O2. The maximum atomic E-state index is 13.7. The van der Waals surface area contributed by atoms with Crippen LogP contribution in [0.5, 0.6) is 0 Å². The monoisotopic (exact) mass is 295 g/mol. The van der Waals surface area contributed by atoms with Crippen molar-refractivity contribution in [3.63, 3.8) is 0 Å². The van der Waals surface area contributed by atoms with E-state index in [2.05, 4.69) is 15.2 Å². The molecule has 7 heteroatoms. The molecule has 0 amide bonds. The number of esters is 1. The second-order valence-electron chi connectivity index (χ2n) is 4.48. The van der Waals surface area contributed by atoms with Crippen LogP contribution in [0.1, 0.15) is 18.5 Å². The average molecular weight is 295 g/mol. The second-order valence-corrected chi connectivity index (χ2v) is 4.48. The lowest BCUT2D eigenvalue weighted by molar-refractivity contribution is -0.141. The van der Waals surface area contributed by atoms with Gasteiger partial charge in [-0.05, 0) is 19.1 Å². The minimum absolute atomic E-state index is 0.0272. The molecule has 1 atom stereocenters. The normalized spacial score (nSPS) is 12.0. The predicted molar refractivity (Wildman–Crippen MR) is 72.6 cm³/mol. The van der Waals surface area contributed by atoms with Crippen LogP contribution < -0.4 is 5.32 Å². The highest BCUT2D eigenvalue weighted by Gasteiger charge is 2.16. The number of carbonyl (C=O) groups is 1. The molecule has 1 aromatic carbocycles. The minimum Gasteiger partial charge on any atom is -0.468 e. The van der Waals surface area contributed by atoms with Gasteiger partial charge in [0.25, 0.3) is 0 Å². The number of rotatable bonds is 5. The van der Waals surface area contributed by atoms with E-state index in [-0.39, 0.29) is 12.1 Å². The first-order valence-electron chi connectivity index (χ1n) is 6.32. The lowest BCUT2D eigenvalue weighted by Gasteiger charge is -2.15. The largest absolute Gasteiger partial charge is 0.468 e. The number of carbonyl (C=O) groups excluding carboxylic acids is 1. The van der Waals surface area contributed by atoms with E-state index in [9.17, 15) is 13.6 Å². The van der Waals surface area contributed by atoms with Crippen molar-refractivity contribution in [2.75, 3.05) is 12.4 Å². The molecule has 0 aliphatic carbocycles. The van der Waals surface area contributed by atoms with Crippen LogP contribution in [0.25, 0.3) is 0 Å². The van der Waals surface area contributed by atoms with Crippen LogP contribution in [0.4, 0.5) is 14.6 Å². The highest BCUT2D eigenvalue weighted by molar-refractivity contribution is 5.68. The standard InChI is InChI=1S/C14H15F2N3O2/c1-9(14-10(15)4-3-5-11(14)16)17-12-6-7-19(18-12)8-13(20)21-2/h3-7,9H,8H2,1-2H3,(H,17,18)/t9-/m1/s1. The molecule has 2 aromatic rings. The van der Waals surface area contributed by atoms with Crippen LogP contribution in [0.2, 0.25) is 0 Å². The molecular weight excluding hydrogens is 280 g/mol. The van der Waals surface area contributed by atoms with Crippen molar-refractivity contribution < 1.29 is 18.3 Å². The molecule has 0 fully saturated rings. The Morgan fingerprint density at radius 1 is 1.38 bits per heavy atom. The SMILES string of the molecule is COC(=O)Cn1ccc(N[C@H](C)c2c(F)cccc2F)n1. The number of benzene rings is 1. The molecule has 1 heterocycles. The van der Waals surface area contributed by atoms with E-state index < -0.39 is 23.6 Å². The zero-order valence-corrected chi connectivity index (χ0v) is 11.6. The third-order valence-electron chi connectivity index (χ3n) is 2.96. The zero-order valence-electron chi connectivity index (χ0n) is 11.6. The van der Waals surface area contributed by atoms with Gasteiger partial charge in [0.15, 0.2) is 0 Å². The molecule has 0 radical (unpaired) electrons. The second kappa shape index (κ2) is 6.34. The number of hydrogen-bond acceptors (Lipinski definition) is 4. The summed E-state index contributed by atoms with van der Waals surface area (Å²) in [6, 6.07) is 4.72. The number of halogens is 2. The Labute approximate surface area is 120 Å². The Balaban J connectivity index is 2.09. The van der Waals surface area contributed by atoms with Crippen LogP contribution in [0.15, 0.2) is 30.5 Å². The minimum atomic E-state index is -0.621. The summed E-state index contributed by atoms with van der Waals surface area (Å²) in [6.45, 7) is 1.60. The molecule has 0 aliphatic heterocycles. The van der Waals surface area contributed by atoms with Gasteiger partial charge in [-0.15, -0.1) is 0 Å². The number of hydrogen-bond donors (Lipinski definition) is 1. The predicted octanol–water partition coefficient (Wildman–Crippen LogP) is 2.51. The maximum absolute atomic E-state index is 13.7. The highest BCUT2D eigenvalue weighted by atomic mass is 19.1. The van der Waals surface area contributed by atoms with Crippen molar-refractivity contribution in [1.29, 1.82) is 0 Å². The third kappa shape index (κ3) is 3.56. The number of aromatic nitrogens is 2. The summed E-state index contributed by atoms with van der Waals surface area (Å²) in [5.41, 5.74) is -0.0555. The van der Waals surface area contributed by atoms with Gasteiger partial charge < -0.3 is 10.1 Å². The number of anilines is 1. The topological polar surface area (TPSA) is 56.1 Å². The van der Waals surface area contributed by atoms with Crippen LogP contribution in [-0.2, 0) is 16.1 Å². The van der Waals surface area contributed by atoms with Crippen molar-refractivity contribution in [1.82, 2.24) is 9.78 Å². The van der Waals surface area contributed by atoms with Crippen LogP contribution in [-0.4, -0.2) is 22.9 Å². The Morgan fingerprint density at radius 3 is 2.67 bits per heavy atom. The first kappa shape index (κ1) is 15.0. The van der Waals surface area contributed by atoms with E-state index in [0.717, 1.165) is 0 Å². The molecule has 0 saturated carbocycles. The van der Waals surface area contributed by atoms with E-state index in [1.165, 1.54) is 30.0 Å². The van der Waals surface area contributed by atoms with Crippen molar-refractivity contribution in [3.8, 4) is 0 Å². The summed E-state index contributed by atoms with van der Waals surface area (Å²) in [4.78, 5) is 11.1. The van der Waals surface area contributed by atoms with Gasteiger partial charge in [0.05, 0.1) is 13.2 Å². The zero-order chi connectivity index (χ0) is 15.4. The highest BCUT2D eigenvalue weighted by Crippen LogP contribution is 2.23. The van der Waals surface area contributed by atoms with Crippen molar-refractivity contribution in [2.24, 2.45) is 0 Å². The third-order valence-corrected chi connectivity index (χ3v) is 2.96. The lowest BCUT2D eigenvalue weighted by Crippen LogP contribution is -2.14. The summed E-state index contributed by atoms with van der Waals surface area (Å²) in [6.07, 6.45) is 1.57. The fourth-order valence-corrected chi connectivity index (χ4v) is 1.94. The van der Waals surface area contributed by atoms with Gasteiger partial charge in [-0.3, -0.25) is 9.48 Å². The number of nitrogens with one attached hydrogen (secondary N) is 1. The van der Waals surface area contributed by atoms with Gasteiger partial charge in [0.1, 0.15) is 24.0 Å². The van der Waals surface area contributed by atoms with Gasteiger partial charge in [-0.2, -0.15) is 5.10 Å². The molecule has 1 aromatic heterocycles. The summed E-state index contributed by atoms with van der Waals surface area (Å²) in [5.74, 6) is -1.26. The fourth-order valence-electron chi connectivity index (χ4n) is 1.94. The van der Waals surface area contributed by atoms with Gasteiger partial charge in [0, 0.05) is 17.8 Å². The van der Waals surface area contributed by atoms with Crippen LogP contribution >= 0.6 is 0 Å². The summed E-state index contributed by atoms with van der Waals surface area (Å²) < 4.78 is 33.2. The van der Waals surface area contributed by atoms with Crippen molar-refractivity contribution in [3.05, 3.63) is 47.7 Å². The van der Waals surface area contributed by atoms with E-state index in [0.29, 0.717) is 5.82 Å². The van der Waals surface area contributed by atoms with Crippen molar-refractivity contribution in [2.45, 2.75) is 19.5 Å². The van der Waals surface area contributed by atoms with Crippen LogP contribution in [0.3, 0.4) is 0 Å². The van der Waals surface area contributed by atoms with Gasteiger partial charge in [0.2, 0.25) is 0 Å². The molecule has 0 aliphatic rings. The number of methoxy groups -OCH3 is 1. The Hall–Kier alpha value is -2.44. The number of nitrogens with zero attached hydrogens (tertiary/aromatic N) is 2. The number of ether oxygens (including phenoxy) is 1. The molecule has 0 unspecified atom stereocenters. The Kier molecular flexibility index (Phi) is 4.52. The molecule has 0 saturated heterocycles. The van der Waals surface area contributed by atoms with E-state index in [1.807, 2.05) is 0 Å². The smallest absolute Gasteiger partial charge is 0.327 e. The molecule has 21 heavy (non-hydrogen) atoms. The first-order valence-corrected chi connectivity index (χ1v) is 6.32. The summed E-state index contributed by atoms with van der Waals surface area (Å²) in [5, 5.41) is 6.97. The Bertz CT molecular complexity index is 623. The van der Waals surface area contributed by atoms with E-state index in [4.69, 9.17) is 0 Å². The molecule has 1 N–H and O–H groups in total. The molecule has 112 valence electrons. The van der Waals surface area contributed by atoms with E-state index in [1.54, 1.807) is 19.2 Å². The molecule has 2 rings (SSSR count). The van der Waals surface area contributed by atoms with Gasteiger partial charge >= 0.3 is 5.97 Å². The maximum Gasteiger partial charge on any atom is 0.327 e. The fraction of sp³-hybridized carbons (Fsp3) is 0.286. The summed E-state index contributed by atoms with van der Waals surface area (Å²) in [7, 11) is 1.29. The summed E-state index contributed by atoms with van der Waals surface area (Å²) >= 11 is 0. The van der Waals surface area contributed by atoms with Gasteiger partial charge in [-0.1, -0.05) is 6.07 Å². The Morgan fingerprint density at radius 2 is 2.05 bits per heavy atom. The lowest BCUT2D eigenvalue weighted by atomic mass is 10.1. The van der Waals surface area contributed by atoms with E-state index >= 15 is 0 Å². The van der Waals surface area contributed by atoms with Crippen LogP contribution in [0, 0.1) is 11.6 Å². The first-order chi connectivity index (χ1) is 10.0.